The van der Waals surface area contributed by atoms with Crippen LogP contribution < -0.4 is 5.32 Å². The van der Waals surface area contributed by atoms with Crippen molar-refractivity contribution in [2.75, 3.05) is 6.54 Å². The van der Waals surface area contributed by atoms with Gasteiger partial charge in [0.1, 0.15) is 0 Å². The van der Waals surface area contributed by atoms with Crippen molar-refractivity contribution < 1.29 is 0 Å². The molecule has 0 bridgehead atoms. The maximum atomic E-state index is 6.34. The van der Waals surface area contributed by atoms with Crippen molar-refractivity contribution in [2.24, 2.45) is 0 Å². The number of nitrogens with one attached hydrogen (secondary N) is 1. The van der Waals surface area contributed by atoms with E-state index in [9.17, 15) is 0 Å². The number of hydrogen-bond donors (Lipinski definition) is 1. The van der Waals surface area contributed by atoms with E-state index < -0.39 is 0 Å². The summed E-state index contributed by atoms with van der Waals surface area (Å²) in [4.78, 5) is 0. The number of halogens is 1. The zero-order valence-electron chi connectivity index (χ0n) is 11.2. The predicted molar refractivity (Wildman–Crippen MR) is 75.0 cm³/mol. The molecule has 0 radical (unpaired) electrons. The van der Waals surface area contributed by atoms with Crippen LogP contribution >= 0.6 is 11.6 Å². The SMILES string of the molecule is CCNC1CCC(C)c2c(C)cc(Cl)c(C)c21. The van der Waals surface area contributed by atoms with Gasteiger partial charge >= 0.3 is 0 Å². The summed E-state index contributed by atoms with van der Waals surface area (Å²) >= 11 is 6.34. The molecular weight excluding hydrogens is 230 g/mol. The Morgan fingerprint density at radius 3 is 2.65 bits per heavy atom. The molecule has 2 heteroatoms. The van der Waals surface area contributed by atoms with Crippen LogP contribution in [0.5, 0.6) is 0 Å². The summed E-state index contributed by atoms with van der Waals surface area (Å²) < 4.78 is 0. The summed E-state index contributed by atoms with van der Waals surface area (Å²) in [5, 5.41) is 4.51. The average molecular weight is 252 g/mol. The summed E-state index contributed by atoms with van der Waals surface area (Å²) in [6, 6.07) is 2.61. The molecule has 1 aliphatic carbocycles. The van der Waals surface area contributed by atoms with E-state index in [1.807, 2.05) is 0 Å². The monoisotopic (exact) mass is 251 g/mol. The Kier molecular flexibility index (Phi) is 3.79. The number of fused-ring (bicyclic) bond motifs is 1. The Morgan fingerprint density at radius 2 is 2.00 bits per heavy atom. The molecule has 0 aliphatic heterocycles. The minimum atomic E-state index is 0.489. The first-order chi connectivity index (χ1) is 8.06. The highest BCUT2D eigenvalue weighted by Crippen LogP contribution is 2.42. The molecule has 0 aromatic heterocycles. The highest BCUT2D eigenvalue weighted by Gasteiger charge is 2.28. The van der Waals surface area contributed by atoms with E-state index in [1.54, 1.807) is 0 Å². The fraction of sp³-hybridized carbons (Fsp3) is 0.600. The van der Waals surface area contributed by atoms with Crippen LogP contribution in [0.15, 0.2) is 6.07 Å². The van der Waals surface area contributed by atoms with Crippen LogP contribution in [0.3, 0.4) is 0 Å². The Morgan fingerprint density at radius 1 is 1.29 bits per heavy atom. The maximum Gasteiger partial charge on any atom is 0.0441 e. The number of rotatable bonds is 2. The van der Waals surface area contributed by atoms with Gasteiger partial charge in [-0.3, -0.25) is 0 Å². The van der Waals surface area contributed by atoms with Crippen molar-refractivity contribution in [3.63, 3.8) is 0 Å². The Labute approximate surface area is 110 Å². The van der Waals surface area contributed by atoms with Crippen LogP contribution in [0.2, 0.25) is 5.02 Å². The van der Waals surface area contributed by atoms with Gasteiger partial charge in [0.25, 0.3) is 0 Å². The fourth-order valence-electron chi connectivity index (χ4n) is 3.18. The lowest BCUT2D eigenvalue weighted by molar-refractivity contribution is 0.438. The van der Waals surface area contributed by atoms with E-state index in [0.29, 0.717) is 12.0 Å². The van der Waals surface area contributed by atoms with Crippen molar-refractivity contribution in [1.82, 2.24) is 5.32 Å². The lowest BCUT2D eigenvalue weighted by Crippen LogP contribution is -2.27. The molecule has 94 valence electrons. The molecule has 1 nitrogen and oxygen atoms in total. The van der Waals surface area contributed by atoms with Crippen molar-refractivity contribution in [3.05, 3.63) is 33.3 Å². The molecule has 17 heavy (non-hydrogen) atoms. The summed E-state index contributed by atoms with van der Waals surface area (Å²) in [5.74, 6) is 0.663. The van der Waals surface area contributed by atoms with Gasteiger partial charge in [-0.2, -0.15) is 0 Å². The molecule has 2 atom stereocenters. The molecule has 0 spiro atoms. The normalized spacial score (nSPS) is 23.6. The molecule has 1 N–H and O–H groups in total. The van der Waals surface area contributed by atoms with Crippen LogP contribution in [0.25, 0.3) is 0 Å². The molecule has 0 saturated heterocycles. The zero-order chi connectivity index (χ0) is 12.6. The van der Waals surface area contributed by atoms with Crippen LogP contribution in [0, 0.1) is 13.8 Å². The molecule has 2 rings (SSSR count). The molecule has 1 aromatic carbocycles. The molecule has 2 unspecified atom stereocenters. The topological polar surface area (TPSA) is 12.0 Å². The number of hydrogen-bond acceptors (Lipinski definition) is 1. The van der Waals surface area contributed by atoms with Gasteiger partial charge in [0, 0.05) is 11.1 Å². The smallest absolute Gasteiger partial charge is 0.0441 e. The quantitative estimate of drug-likeness (QED) is 0.816. The molecule has 1 aromatic rings. The van der Waals surface area contributed by atoms with E-state index >= 15 is 0 Å². The third-order valence-corrected chi connectivity index (χ3v) is 4.39. The van der Waals surface area contributed by atoms with Crippen LogP contribution in [0.1, 0.15) is 60.9 Å². The number of aryl methyl sites for hydroxylation is 1. The second kappa shape index (κ2) is 4.99. The largest absolute Gasteiger partial charge is 0.310 e. The van der Waals surface area contributed by atoms with Crippen LogP contribution in [-0.2, 0) is 0 Å². The van der Waals surface area contributed by atoms with Gasteiger partial charge in [-0.25, -0.2) is 0 Å². The van der Waals surface area contributed by atoms with E-state index in [-0.39, 0.29) is 0 Å². The first-order valence-corrected chi connectivity index (χ1v) is 6.96. The Hall–Kier alpha value is -0.530. The molecule has 0 fully saturated rings. The summed E-state index contributed by atoms with van der Waals surface area (Å²) in [6.07, 6.45) is 2.50. The average Bonchev–Trinajstić information content (AvgIpc) is 2.28. The first-order valence-electron chi connectivity index (χ1n) is 6.59. The van der Waals surface area contributed by atoms with Gasteiger partial charge in [0.05, 0.1) is 0 Å². The van der Waals surface area contributed by atoms with Crippen LogP contribution in [-0.4, -0.2) is 6.54 Å². The first kappa shape index (κ1) is 12.9. The molecule has 1 aliphatic rings. The van der Waals surface area contributed by atoms with E-state index in [0.717, 1.165) is 11.6 Å². The second-order valence-corrected chi connectivity index (χ2v) is 5.62. The van der Waals surface area contributed by atoms with E-state index in [1.165, 1.54) is 35.1 Å². The minimum absolute atomic E-state index is 0.489. The molecule has 0 saturated carbocycles. The van der Waals surface area contributed by atoms with Crippen molar-refractivity contribution in [1.29, 1.82) is 0 Å². The fourth-order valence-corrected chi connectivity index (χ4v) is 3.44. The van der Waals surface area contributed by atoms with Crippen LogP contribution in [0.4, 0.5) is 0 Å². The Balaban J connectivity index is 2.59. The lowest BCUT2D eigenvalue weighted by Gasteiger charge is -2.33. The maximum absolute atomic E-state index is 6.34. The second-order valence-electron chi connectivity index (χ2n) is 5.22. The third kappa shape index (κ3) is 2.23. The zero-order valence-corrected chi connectivity index (χ0v) is 12.0. The van der Waals surface area contributed by atoms with E-state index in [2.05, 4.69) is 39.1 Å². The molecule has 0 amide bonds. The highest BCUT2D eigenvalue weighted by atomic mass is 35.5. The van der Waals surface area contributed by atoms with Gasteiger partial charge in [-0.15, -0.1) is 0 Å². The third-order valence-electron chi connectivity index (χ3n) is 4.00. The number of benzene rings is 1. The van der Waals surface area contributed by atoms with Crippen molar-refractivity contribution in [3.8, 4) is 0 Å². The molecule has 0 heterocycles. The predicted octanol–water partition coefficient (Wildman–Crippen LogP) is 4.50. The van der Waals surface area contributed by atoms with Crippen molar-refractivity contribution >= 4 is 11.6 Å². The summed E-state index contributed by atoms with van der Waals surface area (Å²) in [7, 11) is 0. The van der Waals surface area contributed by atoms with Gasteiger partial charge in [-0.1, -0.05) is 25.4 Å². The van der Waals surface area contributed by atoms with Crippen molar-refractivity contribution in [2.45, 2.75) is 52.5 Å². The lowest BCUT2D eigenvalue weighted by atomic mass is 9.77. The highest BCUT2D eigenvalue weighted by molar-refractivity contribution is 6.31. The summed E-state index contributed by atoms with van der Waals surface area (Å²) in [5.41, 5.74) is 5.62. The van der Waals surface area contributed by atoms with Gasteiger partial charge < -0.3 is 5.32 Å². The van der Waals surface area contributed by atoms with Gasteiger partial charge in [0.15, 0.2) is 0 Å². The Bertz CT molecular complexity index is 425. The van der Waals surface area contributed by atoms with Gasteiger partial charge in [0.2, 0.25) is 0 Å². The summed E-state index contributed by atoms with van der Waals surface area (Å²) in [6.45, 7) is 9.87. The van der Waals surface area contributed by atoms with Gasteiger partial charge in [-0.05, 0) is 67.5 Å². The standard InChI is InChI=1S/C15H22ClN/c1-5-17-13-7-6-9(2)14-10(3)8-12(16)11(4)15(13)14/h8-9,13,17H,5-7H2,1-4H3. The minimum Gasteiger partial charge on any atom is -0.310 e. The molecular formula is C15H22ClN. The van der Waals surface area contributed by atoms with E-state index in [4.69, 9.17) is 11.6 Å².